The maximum Gasteiger partial charge on any atom is 0.321 e. The van der Waals surface area contributed by atoms with E-state index < -0.39 is 18.0 Å². The summed E-state index contributed by atoms with van der Waals surface area (Å²) in [6.45, 7) is 0.398. The number of carboxylic acid groups (broad SMARTS) is 1. The average molecular weight is 237 g/mol. The smallest absolute Gasteiger partial charge is 0.321 e. The molecule has 1 aromatic carbocycles. The third kappa shape index (κ3) is 4.65. The minimum atomic E-state index is -1.06. The van der Waals surface area contributed by atoms with Crippen LogP contribution >= 0.6 is 0 Å². The summed E-state index contributed by atoms with van der Waals surface area (Å²) in [4.78, 5) is 21.9. The molecule has 5 nitrogen and oxygen atoms in total. The van der Waals surface area contributed by atoms with Gasteiger partial charge in [0.05, 0.1) is 13.5 Å². The zero-order valence-electron chi connectivity index (χ0n) is 9.55. The third-order valence-electron chi connectivity index (χ3n) is 2.29. The van der Waals surface area contributed by atoms with Gasteiger partial charge in [-0.15, -0.1) is 0 Å². The molecule has 0 heterocycles. The molecule has 0 spiro atoms. The third-order valence-corrected chi connectivity index (χ3v) is 2.29. The molecule has 5 heteroatoms. The lowest BCUT2D eigenvalue weighted by molar-refractivity contribution is -0.147. The first kappa shape index (κ1) is 13.2. The standard InChI is InChI=1S/C12H15NO4/c1-17-11(14)7-10(12(15)16)13-8-9-5-3-2-4-6-9/h2-6,10,13H,7-8H2,1H3,(H,15,16)/t10-/m0/s1. The number of rotatable bonds is 6. The molecule has 0 fully saturated rings. The zero-order valence-corrected chi connectivity index (χ0v) is 9.55. The Kier molecular flexibility index (Phi) is 5.16. The summed E-state index contributed by atoms with van der Waals surface area (Å²) in [6, 6.07) is 8.45. The van der Waals surface area contributed by atoms with E-state index in [-0.39, 0.29) is 6.42 Å². The van der Waals surface area contributed by atoms with Crippen molar-refractivity contribution in [2.24, 2.45) is 0 Å². The summed E-state index contributed by atoms with van der Waals surface area (Å²) >= 11 is 0. The highest BCUT2D eigenvalue weighted by Gasteiger charge is 2.20. The molecule has 17 heavy (non-hydrogen) atoms. The van der Waals surface area contributed by atoms with Gasteiger partial charge in [0.25, 0.3) is 0 Å². The Balaban J connectivity index is 2.50. The summed E-state index contributed by atoms with van der Waals surface area (Å²) < 4.78 is 4.44. The number of carbonyl (C=O) groups excluding carboxylic acids is 1. The summed E-state index contributed by atoms with van der Waals surface area (Å²) in [6.07, 6.45) is -0.182. The zero-order chi connectivity index (χ0) is 12.7. The molecule has 0 saturated heterocycles. The SMILES string of the molecule is COC(=O)C[C@H](NCc1ccccc1)C(=O)O. The molecule has 0 radical (unpaired) electrons. The molecular formula is C12H15NO4. The number of ether oxygens (including phenoxy) is 1. The molecule has 92 valence electrons. The Hall–Kier alpha value is -1.88. The predicted molar refractivity (Wildman–Crippen MR) is 61.3 cm³/mol. The summed E-state index contributed by atoms with van der Waals surface area (Å²) in [5.74, 6) is -1.61. The van der Waals surface area contributed by atoms with Gasteiger partial charge in [-0.3, -0.25) is 14.9 Å². The minimum Gasteiger partial charge on any atom is -0.480 e. The van der Waals surface area contributed by atoms with Crippen molar-refractivity contribution in [3.63, 3.8) is 0 Å². The predicted octanol–water partition coefficient (Wildman–Crippen LogP) is 0.792. The molecule has 1 aromatic rings. The monoisotopic (exact) mass is 237 g/mol. The number of aliphatic carboxylic acids is 1. The van der Waals surface area contributed by atoms with Crippen LogP contribution < -0.4 is 5.32 Å². The topological polar surface area (TPSA) is 75.6 Å². The van der Waals surface area contributed by atoms with Gasteiger partial charge in [0.2, 0.25) is 0 Å². The van der Waals surface area contributed by atoms with Gasteiger partial charge in [0, 0.05) is 6.54 Å². The van der Waals surface area contributed by atoms with Gasteiger partial charge in [0.15, 0.2) is 0 Å². The van der Waals surface area contributed by atoms with Crippen molar-refractivity contribution < 1.29 is 19.4 Å². The highest BCUT2D eigenvalue weighted by Crippen LogP contribution is 2.01. The average Bonchev–Trinajstić information content (AvgIpc) is 2.35. The van der Waals surface area contributed by atoms with Crippen molar-refractivity contribution in [2.45, 2.75) is 19.0 Å². The first-order valence-electron chi connectivity index (χ1n) is 5.20. The van der Waals surface area contributed by atoms with Gasteiger partial charge < -0.3 is 9.84 Å². The molecule has 0 bridgehead atoms. The number of methoxy groups -OCH3 is 1. The van der Waals surface area contributed by atoms with Gasteiger partial charge in [0.1, 0.15) is 6.04 Å². The number of hydrogen-bond acceptors (Lipinski definition) is 4. The summed E-state index contributed by atoms with van der Waals surface area (Å²) in [5.41, 5.74) is 0.962. The minimum absolute atomic E-state index is 0.182. The lowest BCUT2D eigenvalue weighted by Gasteiger charge is -2.13. The highest BCUT2D eigenvalue weighted by molar-refractivity contribution is 5.81. The number of carbonyl (C=O) groups is 2. The van der Waals surface area contributed by atoms with Crippen molar-refractivity contribution in [2.75, 3.05) is 7.11 Å². The normalized spacial score (nSPS) is 11.8. The van der Waals surface area contributed by atoms with Crippen LogP contribution in [0.4, 0.5) is 0 Å². The van der Waals surface area contributed by atoms with Crippen LogP contribution in [0.5, 0.6) is 0 Å². The van der Waals surface area contributed by atoms with Crippen molar-refractivity contribution in [1.29, 1.82) is 0 Å². The number of carboxylic acids is 1. The molecular weight excluding hydrogens is 222 g/mol. The first-order valence-corrected chi connectivity index (χ1v) is 5.20. The van der Waals surface area contributed by atoms with Crippen LogP contribution in [0, 0.1) is 0 Å². The van der Waals surface area contributed by atoms with Crippen LogP contribution in [0.2, 0.25) is 0 Å². The van der Waals surface area contributed by atoms with Gasteiger partial charge in [-0.2, -0.15) is 0 Å². The van der Waals surface area contributed by atoms with Crippen LogP contribution in [0.3, 0.4) is 0 Å². The van der Waals surface area contributed by atoms with Crippen molar-refractivity contribution >= 4 is 11.9 Å². The van der Waals surface area contributed by atoms with Crippen LogP contribution in [-0.2, 0) is 20.9 Å². The van der Waals surface area contributed by atoms with Crippen LogP contribution in [0.25, 0.3) is 0 Å². The molecule has 0 unspecified atom stereocenters. The second-order valence-corrected chi connectivity index (χ2v) is 3.54. The van der Waals surface area contributed by atoms with Crippen molar-refractivity contribution in [3.05, 3.63) is 35.9 Å². The van der Waals surface area contributed by atoms with E-state index in [2.05, 4.69) is 10.1 Å². The summed E-state index contributed by atoms with van der Waals surface area (Å²) in [7, 11) is 1.23. The fourth-order valence-corrected chi connectivity index (χ4v) is 1.33. The van der Waals surface area contributed by atoms with Crippen LogP contribution in [0.15, 0.2) is 30.3 Å². The van der Waals surface area contributed by atoms with E-state index >= 15 is 0 Å². The number of nitrogens with one attached hydrogen (secondary N) is 1. The van der Waals surface area contributed by atoms with E-state index in [0.717, 1.165) is 5.56 Å². The second kappa shape index (κ2) is 6.65. The lowest BCUT2D eigenvalue weighted by Crippen LogP contribution is -2.38. The Morgan fingerprint density at radius 1 is 1.35 bits per heavy atom. The highest BCUT2D eigenvalue weighted by atomic mass is 16.5. The fraction of sp³-hybridized carbons (Fsp3) is 0.333. The van der Waals surface area contributed by atoms with E-state index in [4.69, 9.17) is 5.11 Å². The van der Waals surface area contributed by atoms with Crippen molar-refractivity contribution in [3.8, 4) is 0 Å². The first-order chi connectivity index (χ1) is 8.13. The van der Waals surface area contributed by atoms with Gasteiger partial charge in [-0.05, 0) is 5.56 Å². The Labute approximate surface area is 99.4 Å². The fourth-order valence-electron chi connectivity index (χ4n) is 1.33. The van der Waals surface area contributed by atoms with Crippen molar-refractivity contribution in [1.82, 2.24) is 5.32 Å². The molecule has 0 aliphatic rings. The van der Waals surface area contributed by atoms with Crippen LogP contribution in [-0.4, -0.2) is 30.2 Å². The van der Waals surface area contributed by atoms with Crippen LogP contribution in [0.1, 0.15) is 12.0 Å². The molecule has 0 aromatic heterocycles. The lowest BCUT2D eigenvalue weighted by atomic mass is 10.1. The number of benzene rings is 1. The number of hydrogen-bond donors (Lipinski definition) is 2. The van der Waals surface area contributed by atoms with Gasteiger partial charge in [-0.25, -0.2) is 0 Å². The number of esters is 1. The Morgan fingerprint density at radius 3 is 2.53 bits per heavy atom. The molecule has 1 rings (SSSR count). The largest absolute Gasteiger partial charge is 0.480 e. The van der Waals surface area contributed by atoms with E-state index in [1.807, 2.05) is 30.3 Å². The molecule has 0 aliphatic heterocycles. The molecule has 2 N–H and O–H groups in total. The molecule has 1 atom stereocenters. The maximum atomic E-state index is 11.0. The van der Waals surface area contributed by atoms with E-state index in [1.165, 1.54) is 7.11 Å². The van der Waals surface area contributed by atoms with Gasteiger partial charge >= 0.3 is 11.9 Å². The molecule has 0 amide bonds. The maximum absolute atomic E-state index is 11.0. The van der Waals surface area contributed by atoms with Gasteiger partial charge in [-0.1, -0.05) is 30.3 Å². The van der Waals surface area contributed by atoms with E-state index in [9.17, 15) is 9.59 Å². The Morgan fingerprint density at radius 2 is 2.00 bits per heavy atom. The molecule has 0 aliphatic carbocycles. The second-order valence-electron chi connectivity index (χ2n) is 3.54. The van der Waals surface area contributed by atoms with E-state index in [0.29, 0.717) is 6.54 Å². The quantitative estimate of drug-likeness (QED) is 0.715. The Bertz CT molecular complexity index is 377. The van der Waals surface area contributed by atoms with E-state index in [1.54, 1.807) is 0 Å². The molecule has 0 saturated carbocycles. The summed E-state index contributed by atoms with van der Waals surface area (Å²) in [5, 5.41) is 11.7.